The molecule has 0 bridgehead atoms. The minimum atomic E-state index is -0.0484. The van der Waals surface area contributed by atoms with Crippen LogP contribution >= 0.6 is 0 Å². The van der Waals surface area contributed by atoms with E-state index >= 15 is 0 Å². The van der Waals surface area contributed by atoms with Crippen molar-refractivity contribution < 1.29 is 19.0 Å². The average Bonchev–Trinajstić information content (AvgIpc) is 3.21. The van der Waals surface area contributed by atoms with Crippen molar-refractivity contribution in [2.45, 2.75) is 13.5 Å². The van der Waals surface area contributed by atoms with Gasteiger partial charge in [-0.15, -0.1) is 0 Å². The molecule has 0 aliphatic carbocycles. The van der Waals surface area contributed by atoms with E-state index in [-0.39, 0.29) is 5.91 Å². The Balaban J connectivity index is 1.74. The lowest BCUT2D eigenvalue weighted by Crippen LogP contribution is -2.49. The van der Waals surface area contributed by atoms with Crippen LogP contribution in [0.1, 0.15) is 17.3 Å². The van der Waals surface area contributed by atoms with Crippen molar-refractivity contribution >= 4 is 11.9 Å². The van der Waals surface area contributed by atoms with Crippen LogP contribution in [0.15, 0.2) is 24.5 Å². The van der Waals surface area contributed by atoms with Gasteiger partial charge in [0.1, 0.15) is 0 Å². The van der Waals surface area contributed by atoms with E-state index in [0.717, 1.165) is 25.6 Å². The van der Waals surface area contributed by atoms with Crippen molar-refractivity contribution in [3.05, 3.63) is 30.1 Å². The van der Waals surface area contributed by atoms with E-state index in [1.54, 1.807) is 33.5 Å². The third-order valence-corrected chi connectivity index (χ3v) is 4.80. The third kappa shape index (κ3) is 3.65. The number of carbonyl (C=O) groups is 1. The standard InChI is InChI=1S/C19H26N4O4/c1-5-21-7-6-20-19(21)23-10-8-22(9-11-23)18(24)14-12-15(25-2)17(27-4)16(13-14)26-3/h6-7,12-13H,5,8-11H2,1-4H3. The lowest BCUT2D eigenvalue weighted by Gasteiger charge is -2.35. The fourth-order valence-corrected chi connectivity index (χ4v) is 3.33. The molecule has 2 aromatic rings. The SMILES string of the molecule is CCn1ccnc1N1CCN(C(=O)c2cc(OC)c(OC)c(OC)c2)CC1. The van der Waals surface area contributed by atoms with E-state index < -0.39 is 0 Å². The number of rotatable bonds is 6. The van der Waals surface area contributed by atoms with Crippen LogP contribution in [-0.4, -0.2) is 67.9 Å². The number of hydrogen-bond acceptors (Lipinski definition) is 6. The molecule has 27 heavy (non-hydrogen) atoms. The first-order valence-corrected chi connectivity index (χ1v) is 8.98. The van der Waals surface area contributed by atoms with Crippen LogP contribution in [-0.2, 0) is 6.54 Å². The van der Waals surface area contributed by atoms with E-state index in [1.807, 2.05) is 17.3 Å². The largest absolute Gasteiger partial charge is 0.493 e. The molecule has 8 heteroatoms. The Kier molecular flexibility index (Phi) is 5.73. The second-order valence-electron chi connectivity index (χ2n) is 6.21. The van der Waals surface area contributed by atoms with Crippen LogP contribution in [0.5, 0.6) is 17.2 Å². The van der Waals surface area contributed by atoms with Crippen molar-refractivity contribution in [1.82, 2.24) is 14.5 Å². The molecule has 0 radical (unpaired) electrons. The van der Waals surface area contributed by atoms with E-state index in [0.29, 0.717) is 35.9 Å². The van der Waals surface area contributed by atoms with Gasteiger partial charge < -0.3 is 28.6 Å². The normalized spacial score (nSPS) is 14.2. The summed E-state index contributed by atoms with van der Waals surface area (Å²) in [6, 6.07) is 3.39. The molecule has 1 saturated heterocycles. The summed E-state index contributed by atoms with van der Waals surface area (Å²) in [5, 5.41) is 0. The molecule has 8 nitrogen and oxygen atoms in total. The Morgan fingerprint density at radius 3 is 2.19 bits per heavy atom. The number of amides is 1. The van der Waals surface area contributed by atoms with Gasteiger partial charge in [-0.2, -0.15) is 0 Å². The van der Waals surface area contributed by atoms with E-state index in [4.69, 9.17) is 14.2 Å². The van der Waals surface area contributed by atoms with Gasteiger partial charge in [-0.05, 0) is 19.1 Å². The maximum absolute atomic E-state index is 13.0. The number of aryl methyl sites for hydroxylation is 1. The highest BCUT2D eigenvalue weighted by Crippen LogP contribution is 2.38. The number of aromatic nitrogens is 2. The Bertz CT molecular complexity index is 772. The first-order chi connectivity index (χ1) is 13.1. The van der Waals surface area contributed by atoms with E-state index in [9.17, 15) is 4.79 Å². The van der Waals surface area contributed by atoms with Crippen LogP contribution in [0, 0.1) is 0 Å². The summed E-state index contributed by atoms with van der Waals surface area (Å²) >= 11 is 0. The van der Waals surface area contributed by atoms with Crippen molar-refractivity contribution in [3.63, 3.8) is 0 Å². The second-order valence-corrected chi connectivity index (χ2v) is 6.21. The van der Waals surface area contributed by atoms with E-state index in [2.05, 4.69) is 21.4 Å². The van der Waals surface area contributed by atoms with Gasteiger partial charge in [0.25, 0.3) is 5.91 Å². The van der Waals surface area contributed by atoms with Crippen molar-refractivity contribution in [2.24, 2.45) is 0 Å². The molecule has 3 rings (SSSR count). The summed E-state index contributed by atoms with van der Waals surface area (Å²) in [6.07, 6.45) is 3.79. The lowest BCUT2D eigenvalue weighted by molar-refractivity contribution is 0.0745. The molecule has 146 valence electrons. The summed E-state index contributed by atoms with van der Waals surface area (Å²) in [4.78, 5) is 21.5. The van der Waals surface area contributed by atoms with Gasteiger partial charge >= 0.3 is 0 Å². The van der Waals surface area contributed by atoms with Gasteiger partial charge in [-0.3, -0.25) is 4.79 Å². The molecule has 0 saturated carbocycles. The van der Waals surface area contributed by atoms with Gasteiger partial charge in [0.05, 0.1) is 21.3 Å². The molecular weight excluding hydrogens is 348 g/mol. The van der Waals surface area contributed by atoms with Gasteiger partial charge in [0, 0.05) is 50.7 Å². The molecule has 0 N–H and O–H groups in total. The van der Waals surface area contributed by atoms with Crippen molar-refractivity contribution in [2.75, 3.05) is 52.4 Å². The molecule has 1 aliphatic heterocycles. The third-order valence-electron chi connectivity index (χ3n) is 4.80. The summed E-state index contributed by atoms with van der Waals surface area (Å²) in [5.74, 6) is 2.34. The zero-order valence-corrected chi connectivity index (χ0v) is 16.3. The number of piperazine rings is 1. The molecule has 1 aromatic heterocycles. The van der Waals surface area contributed by atoms with E-state index in [1.165, 1.54) is 0 Å². The fraction of sp³-hybridized carbons (Fsp3) is 0.474. The Labute approximate surface area is 159 Å². The molecule has 0 unspecified atom stereocenters. The number of carbonyl (C=O) groups excluding carboxylic acids is 1. The number of hydrogen-bond donors (Lipinski definition) is 0. The van der Waals surface area contributed by atoms with Crippen LogP contribution in [0.3, 0.4) is 0 Å². The summed E-state index contributed by atoms with van der Waals surface area (Å²) in [6.45, 7) is 5.72. The quantitative estimate of drug-likeness (QED) is 0.769. The summed E-state index contributed by atoms with van der Waals surface area (Å²) in [7, 11) is 4.63. The first kappa shape index (κ1) is 18.9. The second kappa shape index (κ2) is 8.20. The molecule has 0 atom stereocenters. The van der Waals surface area contributed by atoms with Crippen molar-refractivity contribution in [3.8, 4) is 17.2 Å². The maximum Gasteiger partial charge on any atom is 0.254 e. The molecule has 1 aromatic carbocycles. The number of benzene rings is 1. The predicted molar refractivity (Wildman–Crippen MR) is 102 cm³/mol. The molecule has 1 aliphatic rings. The number of anilines is 1. The van der Waals surface area contributed by atoms with Crippen LogP contribution in [0.2, 0.25) is 0 Å². The highest BCUT2D eigenvalue weighted by Gasteiger charge is 2.26. The molecular formula is C19H26N4O4. The Hall–Kier alpha value is -2.90. The van der Waals surface area contributed by atoms with Gasteiger partial charge in [0.15, 0.2) is 11.5 Å². The predicted octanol–water partition coefficient (Wildman–Crippen LogP) is 1.89. The smallest absolute Gasteiger partial charge is 0.254 e. The monoisotopic (exact) mass is 374 g/mol. The highest BCUT2D eigenvalue weighted by molar-refractivity contribution is 5.95. The van der Waals surface area contributed by atoms with Crippen molar-refractivity contribution in [1.29, 1.82) is 0 Å². The van der Waals surface area contributed by atoms with Crippen LogP contribution < -0.4 is 19.1 Å². The number of ether oxygens (including phenoxy) is 3. The minimum Gasteiger partial charge on any atom is -0.493 e. The Morgan fingerprint density at radius 1 is 1.04 bits per heavy atom. The number of methoxy groups -OCH3 is 3. The summed E-state index contributed by atoms with van der Waals surface area (Å²) in [5.41, 5.74) is 0.521. The number of nitrogens with zero attached hydrogens (tertiary/aromatic N) is 4. The molecule has 0 spiro atoms. The fourth-order valence-electron chi connectivity index (χ4n) is 3.33. The molecule has 1 amide bonds. The minimum absolute atomic E-state index is 0.0484. The van der Waals surface area contributed by atoms with Gasteiger partial charge in [0.2, 0.25) is 11.7 Å². The van der Waals surface area contributed by atoms with Gasteiger partial charge in [-0.25, -0.2) is 4.98 Å². The first-order valence-electron chi connectivity index (χ1n) is 8.98. The molecule has 2 heterocycles. The highest BCUT2D eigenvalue weighted by atomic mass is 16.5. The maximum atomic E-state index is 13.0. The molecule has 1 fully saturated rings. The van der Waals surface area contributed by atoms with Crippen LogP contribution in [0.25, 0.3) is 0 Å². The van der Waals surface area contributed by atoms with Crippen LogP contribution in [0.4, 0.5) is 5.95 Å². The Morgan fingerprint density at radius 2 is 1.67 bits per heavy atom. The lowest BCUT2D eigenvalue weighted by atomic mass is 10.1. The average molecular weight is 374 g/mol. The zero-order chi connectivity index (χ0) is 19.4. The summed E-state index contributed by atoms with van der Waals surface area (Å²) < 4.78 is 18.1. The van der Waals surface area contributed by atoms with Gasteiger partial charge in [-0.1, -0.05) is 0 Å². The topological polar surface area (TPSA) is 69.1 Å². The number of imidazole rings is 1. The zero-order valence-electron chi connectivity index (χ0n) is 16.3.